The summed E-state index contributed by atoms with van der Waals surface area (Å²) in [4.78, 5) is 38.7. The normalized spacial score (nSPS) is 11.9. The summed E-state index contributed by atoms with van der Waals surface area (Å²) in [6.45, 7) is 6.34. The summed E-state index contributed by atoms with van der Waals surface area (Å²) >= 11 is 0. The van der Waals surface area contributed by atoms with Crippen LogP contribution >= 0.6 is 0 Å². The molecule has 2 heterocycles. The molecular weight excluding hydrogens is 494 g/mol. The van der Waals surface area contributed by atoms with E-state index in [4.69, 9.17) is 5.11 Å². The van der Waals surface area contributed by atoms with Gasteiger partial charge in [-0.05, 0) is 74.1 Å². The van der Waals surface area contributed by atoms with Crippen LogP contribution in [0, 0.1) is 13.8 Å². The number of hydrogen-bond donors (Lipinski definition) is 2. The van der Waals surface area contributed by atoms with Crippen LogP contribution in [0.15, 0.2) is 55.0 Å². The third-order valence-corrected chi connectivity index (χ3v) is 6.86. The predicted molar refractivity (Wildman–Crippen MR) is 151 cm³/mol. The number of nitrogens with zero attached hydrogens (tertiary/aromatic N) is 4. The molecule has 0 saturated heterocycles. The Balaban J connectivity index is 1.63. The molecule has 1 unspecified atom stereocenters. The maximum Gasteiger partial charge on any atom is 0.303 e. The highest BCUT2D eigenvalue weighted by Gasteiger charge is 2.21. The Labute approximate surface area is 228 Å². The summed E-state index contributed by atoms with van der Waals surface area (Å²) in [5.41, 5.74) is 5.96. The Morgan fingerprint density at radius 3 is 2.51 bits per heavy atom. The van der Waals surface area contributed by atoms with Gasteiger partial charge in [-0.25, -0.2) is 0 Å². The SMILES string of the molecule is Cc1cnn(Cc2ccc(CCCC(=O)O)c(NC(=O)C(C)n3cc(C)c4ccc(C(=O)N(C)C)cc43)c2)c1. The molecule has 0 bridgehead atoms. The second-order valence-corrected chi connectivity index (χ2v) is 10.3. The highest BCUT2D eigenvalue weighted by Crippen LogP contribution is 2.28. The van der Waals surface area contributed by atoms with Gasteiger partial charge in [0.2, 0.25) is 5.91 Å². The van der Waals surface area contributed by atoms with Gasteiger partial charge in [0.25, 0.3) is 5.91 Å². The molecule has 0 aliphatic rings. The number of anilines is 1. The van der Waals surface area contributed by atoms with Crippen LogP contribution in [0.25, 0.3) is 10.9 Å². The average Bonchev–Trinajstić information content (AvgIpc) is 3.45. The Kier molecular flexibility index (Phi) is 8.18. The van der Waals surface area contributed by atoms with E-state index in [1.807, 2.05) is 78.8 Å². The minimum Gasteiger partial charge on any atom is -0.481 e. The number of carboxylic acids is 1. The summed E-state index contributed by atoms with van der Waals surface area (Å²) in [6.07, 6.45) is 6.74. The van der Waals surface area contributed by atoms with E-state index in [-0.39, 0.29) is 18.2 Å². The van der Waals surface area contributed by atoms with E-state index in [0.29, 0.717) is 30.6 Å². The van der Waals surface area contributed by atoms with Crippen molar-refractivity contribution in [3.8, 4) is 0 Å². The molecule has 4 rings (SSSR count). The highest BCUT2D eigenvalue weighted by atomic mass is 16.4. The second-order valence-electron chi connectivity index (χ2n) is 10.3. The zero-order valence-electron chi connectivity index (χ0n) is 23.1. The number of aryl methyl sites for hydroxylation is 3. The minimum absolute atomic E-state index is 0.0563. The lowest BCUT2D eigenvalue weighted by atomic mass is 10.0. The molecule has 0 aliphatic heterocycles. The summed E-state index contributed by atoms with van der Waals surface area (Å²) in [5.74, 6) is -1.15. The number of rotatable bonds is 10. The smallest absolute Gasteiger partial charge is 0.303 e. The second kappa shape index (κ2) is 11.6. The van der Waals surface area contributed by atoms with Gasteiger partial charge in [0.15, 0.2) is 0 Å². The molecule has 9 nitrogen and oxygen atoms in total. The molecule has 39 heavy (non-hydrogen) atoms. The summed E-state index contributed by atoms with van der Waals surface area (Å²) < 4.78 is 3.73. The number of carbonyl (C=O) groups excluding carboxylic acids is 2. The Bertz CT molecular complexity index is 1530. The van der Waals surface area contributed by atoms with Crippen LogP contribution < -0.4 is 5.32 Å². The van der Waals surface area contributed by atoms with Gasteiger partial charge in [-0.1, -0.05) is 18.2 Å². The average molecular weight is 530 g/mol. The van der Waals surface area contributed by atoms with Gasteiger partial charge in [-0.3, -0.25) is 19.1 Å². The van der Waals surface area contributed by atoms with Gasteiger partial charge in [-0.15, -0.1) is 0 Å². The largest absolute Gasteiger partial charge is 0.481 e. The summed E-state index contributed by atoms with van der Waals surface area (Å²) in [7, 11) is 3.42. The fourth-order valence-corrected chi connectivity index (χ4v) is 4.73. The fourth-order valence-electron chi connectivity index (χ4n) is 4.73. The summed E-state index contributed by atoms with van der Waals surface area (Å²) in [6, 6.07) is 10.9. The molecule has 2 aromatic heterocycles. The number of fused-ring (bicyclic) bond motifs is 1. The van der Waals surface area contributed by atoms with Crippen molar-refractivity contribution in [2.75, 3.05) is 19.4 Å². The van der Waals surface area contributed by atoms with Crippen LogP contribution in [0.2, 0.25) is 0 Å². The van der Waals surface area contributed by atoms with E-state index in [9.17, 15) is 14.4 Å². The van der Waals surface area contributed by atoms with Crippen LogP contribution in [-0.2, 0) is 22.6 Å². The minimum atomic E-state index is -0.846. The number of aromatic nitrogens is 3. The Morgan fingerprint density at radius 1 is 1.08 bits per heavy atom. The molecule has 204 valence electrons. The molecule has 1 atom stereocenters. The van der Waals surface area contributed by atoms with Gasteiger partial charge in [-0.2, -0.15) is 5.10 Å². The summed E-state index contributed by atoms with van der Waals surface area (Å²) in [5, 5.41) is 17.5. The van der Waals surface area contributed by atoms with Crippen LogP contribution in [0.4, 0.5) is 5.69 Å². The first-order chi connectivity index (χ1) is 18.5. The van der Waals surface area contributed by atoms with Crippen molar-refractivity contribution in [2.45, 2.75) is 52.6 Å². The molecule has 4 aromatic rings. The number of carboxylic acid groups (broad SMARTS) is 1. The number of carbonyl (C=O) groups is 3. The van der Waals surface area contributed by atoms with E-state index < -0.39 is 12.0 Å². The van der Waals surface area contributed by atoms with Crippen molar-refractivity contribution >= 4 is 34.4 Å². The molecule has 0 spiro atoms. The van der Waals surface area contributed by atoms with Crippen LogP contribution in [-0.4, -0.2) is 56.2 Å². The molecule has 2 aromatic carbocycles. The number of nitrogens with one attached hydrogen (secondary N) is 1. The van der Waals surface area contributed by atoms with E-state index in [2.05, 4.69) is 10.4 Å². The van der Waals surface area contributed by atoms with E-state index >= 15 is 0 Å². The van der Waals surface area contributed by atoms with Crippen LogP contribution in [0.1, 0.15) is 58.4 Å². The van der Waals surface area contributed by atoms with Gasteiger partial charge in [0, 0.05) is 55.1 Å². The standard InChI is InChI=1S/C30H35N5O4/c1-19-15-31-34(16-19)18-22-9-10-23(7-6-8-28(36)37)26(13-22)32-29(38)21(3)35-17-20(2)25-12-11-24(14-27(25)35)30(39)33(4)5/h9-17,21H,6-8,18H2,1-5H3,(H,32,38)(H,36,37). The van der Waals surface area contributed by atoms with Crippen molar-refractivity contribution in [1.29, 1.82) is 0 Å². The molecule has 2 N–H and O–H groups in total. The van der Waals surface area contributed by atoms with Crippen molar-refractivity contribution < 1.29 is 19.5 Å². The molecule has 9 heteroatoms. The van der Waals surface area contributed by atoms with Gasteiger partial charge in [0.05, 0.1) is 12.7 Å². The third-order valence-electron chi connectivity index (χ3n) is 6.86. The predicted octanol–water partition coefficient (Wildman–Crippen LogP) is 4.81. The van der Waals surface area contributed by atoms with E-state index in [1.54, 1.807) is 20.3 Å². The van der Waals surface area contributed by atoms with Gasteiger partial charge >= 0.3 is 5.97 Å². The van der Waals surface area contributed by atoms with Gasteiger partial charge < -0.3 is 19.9 Å². The van der Waals surface area contributed by atoms with Crippen molar-refractivity contribution in [3.63, 3.8) is 0 Å². The molecule has 0 aliphatic carbocycles. The van der Waals surface area contributed by atoms with Crippen molar-refractivity contribution in [1.82, 2.24) is 19.2 Å². The first-order valence-electron chi connectivity index (χ1n) is 13.0. The Hall–Kier alpha value is -4.40. The monoisotopic (exact) mass is 529 g/mol. The molecular formula is C30H35N5O4. The van der Waals surface area contributed by atoms with Gasteiger partial charge in [0.1, 0.15) is 6.04 Å². The zero-order chi connectivity index (χ0) is 28.3. The fraction of sp³-hybridized carbons (Fsp3) is 0.333. The lowest BCUT2D eigenvalue weighted by Gasteiger charge is -2.19. The van der Waals surface area contributed by atoms with Crippen LogP contribution in [0.3, 0.4) is 0 Å². The highest BCUT2D eigenvalue weighted by molar-refractivity contribution is 6.00. The first-order valence-corrected chi connectivity index (χ1v) is 13.0. The van der Waals surface area contributed by atoms with E-state index in [0.717, 1.165) is 33.2 Å². The lowest BCUT2D eigenvalue weighted by Crippen LogP contribution is -2.24. The van der Waals surface area contributed by atoms with Crippen molar-refractivity contribution in [2.24, 2.45) is 0 Å². The molecule has 0 saturated carbocycles. The zero-order valence-corrected chi connectivity index (χ0v) is 23.1. The maximum atomic E-state index is 13.6. The Morgan fingerprint density at radius 2 is 1.85 bits per heavy atom. The topological polar surface area (TPSA) is 109 Å². The lowest BCUT2D eigenvalue weighted by molar-refractivity contribution is -0.137. The first kappa shape index (κ1) is 27.6. The molecule has 0 radical (unpaired) electrons. The van der Waals surface area contributed by atoms with Crippen molar-refractivity contribution in [3.05, 3.63) is 82.8 Å². The van der Waals surface area contributed by atoms with Crippen LogP contribution in [0.5, 0.6) is 0 Å². The maximum absolute atomic E-state index is 13.6. The molecule has 0 fully saturated rings. The number of hydrogen-bond acceptors (Lipinski definition) is 4. The third kappa shape index (κ3) is 6.37. The number of aliphatic carboxylic acids is 1. The number of benzene rings is 2. The molecule has 2 amide bonds. The quantitative estimate of drug-likeness (QED) is 0.306. The van der Waals surface area contributed by atoms with E-state index in [1.165, 1.54) is 4.90 Å². The number of amides is 2.